The van der Waals surface area contributed by atoms with Crippen molar-refractivity contribution in [3.05, 3.63) is 48.0 Å². The summed E-state index contributed by atoms with van der Waals surface area (Å²) in [7, 11) is 0. The number of hydrogen-bond donors (Lipinski definition) is 1. The first-order valence-electron chi connectivity index (χ1n) is 10.5. The molecule has 5 nitrogen and oxygen atoms in total. The molecule has 1 saturated heterocycles. The summed E-state index contributed by atoms with van der Waals surface area (Å²) < 4.78 is 5.27. The third kappa shape index (κ3) is 6.48. The van der Waals surface area contributed by atoms with Gasteiger partial charge in [-0.3, -0.25) is 4.79 Å². The number of piperidine rings is 1. The highest BCUT2D eigenvalue weighted by Crippen LogP contribution is 2.20. The van der Waals surface area contributed by atoms with Gasteiger partial charge < -0.3 is 15.0 Å². The van der Waals surface area contributed by atoms with Crippen molar-refractivity contribution in [2.75, 3.05) is 19.6 Å². The van der Waals surface area contributed by atoms with E-state index in [1.54, 1.807) is 0 Å². The number of aryl methyl sites for hydroxylation is 1. The van der Waals surface area contributed by atoms with E-state index in [4.69, 9.17) is 4.74 Å². The molecule has 1 heterocycles. The Morgan fingerprint density at radius 1 is 1.07 bits per heavy atom. The maximum Gasteiger partial charge on any atom is 0.407 e. The molecular weight excluding hydrogens is 364 g/mol. The normalized spacial score (nSPS) is 15.3. The van der Waals surface area contributed by atoms with Crippen LogP contribution in [0.5, 0.6) is 0 Å². The summed E-state index contributed by atoms with van der Waals surface area (Å²) >= 11 is 0. The molecule has 0 unspecified atom stereocenters. The van der Waals surface area contributed by atoms with E-state index < -0.39 is 5.60 Å². The van der Waals surface area contributed by atoms with Crippen LogP contribution in [-0.4, -0.2) is 42.1 Å². The quantitative estimate of drug-likeness (QED) is 0.807. The van der Waals surface area contributed by atoms with Crippen LogP contribution in [0.4, 0.5) is 4.79 Å². The first-order valence-corrected chi connectivity index (χ1v) is 10.5. The van der Waals surface area contributed by atoms with Crippen molar-refractivity contribution < 1.29 is 14.3 Å². The Balaban J connectivity index is 1.40. The fourth-order valence-corrected chi connectivity index (χ4v) is 3.73. The SMILES string of the molecule is CC(C)(C)OC(=O)NCC1CCN(C(=O)CCc2ccc3ccccc3c2)CC1. The lowest BCUT2D eigenvalue weighted by atomic mass is 9.96. The van der Waals surface area contributed by atoms with E-state index in [-0.39, 0.29) is 12.0 Å². The number of carbonyl (C=O) groups is 2. The molecule has 0 bridgehead atoms. The first kappa shape index (κ1) is 21.2. The van der Waals surface area contributed by atoms with Crippen molar-refractivity contribution in [3.8, 4) is 0 Å². The van der Waals surface area contributed by atoms with Gasteiger partial charge in [0.1, 0.15) is 5.60 Å². The van der Waals surface area contributed by atoms with Crippen LogP contribution in [0.15, 0.2) is 42.5 Å². The van der Waals surface area contributed by atoms with E-state index in [0.717, 1.165) is 32.4 Å². The van der Waals surface area contributed by atoms with Gasteiger partial charge in [-0.25, -0.2) is 4.79 Å². The van der Waals surface area contributed by atoms with Crippen LogP contribution >= 0.6 is 0 Å². The largest absolute Gasteiger partial charge is 0.444 e. The molecule has 1 aliphatic heterocycles. The number of nitrogens with zero attached hydrogens (tertiary/aromatic N) is 1. The minimum absolute atomic E-state index is 0.219. The number of carbonyl (C=O) groups excluding carboxylic acids is 2. The molecule has 1 fully saturated rings. The van der Waals surface area contributed by atoms with Crippen LogP contribution in [0, 0.1) is 5.92 Å². The van der Waals surface area contributed by atoms with Crippen LogP contribution in [0.2, 0.25) is 0 Å². The summed E-state index contributed by atoms with van der Waals surface area (Å²) in [5.74, 6) is 0.615. The second kappa shape index (κ2) is 9.29. The average Bonchev–Trinajstić information content (AvgIpc) is 2.69. The Morgan fingerprint density at radius 3 is 2.45 bits per heavy atom. The summed E-state index contributed by atoms with van der Waals surface area (Å²) in [6.45, 7) is 7.69. The van der Waals surface area contributed by atoms with Gasteiger partial charge in [0.05, 0.1) is 0 Å². The predicted molar refractivity (Wildman–Crippen MR) is 116 cm³/mol. The fourth-order valence-electron chi connectivity index (χ4n) is 3.73. The van der Waals surface area contributed by atoms with Gasteiger partial charge in [-0.2, -0.15) is 0 Å². The topological polar surface area (TPSA) is 58.6 Å². The zero-order valence-electron chi connectivity index (χ0n) is 17.7. The minimum Gasteiger partial charge on any atom is -0.444 e. The molecule has 1 N–H and O–H groups in total. The summed E-state index contributed by atoms with van der Waals surface area (Å²) in [6, 6.07) is 14.7. The molecule has 5 heteroatoms. The number of ether oxygens (including phenoxy) is 1. The van der Waals surface area contributed by atoms with Crippen LogP contribution in [0.1, 0.15) is 45.6 Å². The van der Waals surface area contributed by atoms with Gasteiger partial charge >= 0.3 is 6.09 Å². The summed E-state index contributed by atoms with van der Waals surface area (Å²) in [6.07, 6.45) is 2.77. The molecule has 3 rings (SSSR count). The van der Waals surface area contributed by atoms with Crippen molar-refractivity contribution in [2.45, 2.75) is 52.1 Å². The highest BCUT2D eigenvalue weighted by Gasteiger charge is 2.24. The van der Waals surface area contributed by atoms with E-state index in [1.807, 2.05) is 37.8 Å². The standard InChI is InChI=1S/C24H32N2O3/c1-24(2,3)29-23(28)25-17-19-12-14-26(15-13-19)22(27)11-9-18-8-10-20-6-4-5-7-21(20)16-18/h4-8,10,16,19H,9,11-15,17H2,1-3H3,(H,25,28). The molecule has 0 saturated carbocycles. The molecular formula is C24H32N2O3. The van der Waals surface area contributed by atoms with Crippen LogP contribution in [-0.2, 0) is 16.0 Å². The molecule has 0 aliphatic carbocycles. The molecule has 2 amide bonds. The van der Waals surface area contributed by atoms with E-state index in [0.29, 0.717) is 18.9 Å². The minimum atomic E-state index is -0.481. The number of likely N-dealkylation sites (tertiary alicyclic amines) is 1. The van der Waals surface area contributed by atoms with Crippen molar-refractivity contribution >= 4 is 22.8 Å². The lowest BCUT2D eigenvalue weighted by molar-refractivity contribution is -0.132. The second-order valence-corrected chi connectivity index (χ2v) is 8.89. The molecule has 2 aromatic rings. The third-order valence-electron chi connectivity index (χ3n) is 5.34. The monoisotopic (exact) mass is 396 g/mol. The Hall–Kier alpha value is -2.56. The van der Waals surface area contributed by atoms with E-state index in [9.17, 15) is 9.59 Å². The second-order valence-electron chi connectivity index (χ2n) is 8.89. The van der Waals surface area contributed by atoms with Gasteiger partial charge in [-0.15, -0.1) is 0 Å². The van der Waals surface area contributed by atoms with Crippen molar-refractivity contribution in [2.24, 2.45) is 5.92 Å². The number of rotatable bonds is 5. The Morgan fingerprint density at radius 2 is 1.76 bits per heavy atom. The van der Waals surface area contributed by atoms with E-state index >= 15 is 0 Å². The smallest absolute Gasteiger partial charge is 0.407 e. The first-order chi connectivity index (χ1) is 13.8. The molecule has 156 valence electrons. The predicted octanol–water partition coefficient (Wildman–Crippen LogP) is 4.54. The van der Waals surface area contributed by atoms with Crippen molar-refractivity contribution in [1.82, 2.24) is 10.2 Å². The molecule has 0 atom stereocenters. The highest BCUT2D eigenvalue weighted by molar-refractivity contribution is 5.83. The molecule has 0 radical (unpaired) electrons. The fraction of sp³-hybridized carbons (Fsp3) is 0.500. The van der Waals surface area contributed by atoms with Gasteiger partial charge in [0.25, 0.3) is 0 Å². The Bertz CT molecular complexity index is 849. The van der Waals surface area contributed by atoms with Gasteiger partial charge in [0.15, 0.2) is 0 Å². The van der Waals surface area contributed by atoms with E-state index in [1.165, 1.54) is 16.3 Å². The lowest BCUT2D eigenvalue weighted by Gasteiger charge is -2.32. The number of amides is 2. The summed E-state index contributed by atoms with van der Waals surface area (Å²) in [4.78, 5) is 26.3. The molecule has 2 aromatic carbocycles. The number of alkyl carbamates (subject to hydrolysis) is 1. The third-order valence-corrected chi connectivity index (χ3v) is 5.34. The van der Waals surface area contributed by atoms with Gasteiger partial charge in [0, 0.05) is 26.1 Å². The summed E-state index contributed by atoms with van der Waals surface area (Å²) in [5.41, 5.74) is 0.721. The Kier molecular flexibility index (Phi) is 6.78. The highest BCUT2D eigenvalue weighted by atomic mass is 16.6. The number of benzene rings is 2. The Labute approximate surface area is 173 Å². The maximum absolute atomic E-state index is 12.6. The zero-order chi connectivity index (χ0) is 20.9. The molecule has 1 aliphatic rings. The molecule has 0 spiro atoms. The molecule has 0 aromatic heterocycles. The maximum atomic E-state index is 12.6. The number of fused-ring (bicyclic) bond motifs is 1. The zero-order valence-corrected chi connectivity index (χ0v) is 17.7. The van der Waals surface area contributed by atoms with Gasteiger partial charge in [-0.1, -0.05) is 42.5 Å². The van der Waals surface area contributed by atoms with Gasteiger partial charge in [-0.05, 0) is 62.3 Å². The lowest BCUT2D eigenvalue weighted by Crippen LogP contribution is -2.42. The number of hydrogen-bond acceptors (Lipinski definition) is 3. The van der Waals surface area contributed by atoms with Crippen molar-refractivity contribution in [1.29, 1.82) is 0 Å². The van der Waals surface area contributed by atoms with Crippen LogP contribution in [0.25, 0.3) is 10.8 Å². The van der Waals surface area contributed by atoms with Crippen LogP contribution in [0.3, 0.4) is 0 Å². The summed E-state index contributed by atoms with van der Waals surface area (Å²) in [5, 5.41) is 5.29. The van der Waals surface area contributed by atoms with Crippen molar-refractivity contribution in [3.63, 3.8) is 0 Å². The van der Waals surface area contributed by atoms with Crippen LogP contribution < -0.4 is 5.32 Å². The van der Waals surface area contributed by atoms with E-state index in [2.05, 4.69) is 35.6 Å². The number of nitrogens with one attached hydrogen (secondary N) is 1. The van der Waals surface area contributed by atoms with Gasteiger partial charge in [0.2, 0.25) is 5.91 Å². The average molecular weight is 397 g/mol. The molecule has 29 heavy (non-hydrogen) atoms.